The van der Waals surface area contributed by atoms with Crippen LogP contribution in [0.25, 0.3) is 0 Å². The van der Waals surface area contributed by atoms with Crippen LogP contribution in [0.4, 0.5) is 5.13 Å². The van der Waals surface area contributed by atoms with Crippen LogP contribution in [-0.2, 0) is 4.74 Å². The Bertz CT molecular complexity index is 239. The second kappa shape index (κ2) is 5.88. The summed E-state index contributed by atoms with van der Waals surface area (Å²) in [6.07, 6.45) is 2.19. The lowest BCUT2D eigenvalue weighted by Gasteiger charge is -2.00. The Kier molecular flexibility index (Phi) is 4.70. The number of aryl methyl sites for hydroxylation is 1. The molecule has 0 fully saturated rings. The highest BCUT2D eigenvalue weighted by molar-refractivity contribution is 7.09. The van der Waals surface area contributed by atoms with Crippen molar-refractivity contribution in [2.75, 3.05) is 25.6 Å². The van der Waals surface area contributed by atoms with Gasteiger partial charge in [0.15, 0.2) is 0 Å². The molecule has 0 atom stereocenters. The normalized spacial score (nSPS) is 10.3. The average Bonchev–Trinajstić information content (AvgIpc) is 2.51. The molecule has 4 nitrogen and oxygen atoms in total. The number of rotatable bonds is 6. The fourth-order valence-electron chi connectivity index (χ4n) is 0.936. The van der Waals surface area contributed by atoms with Gasteiger partial charge in [-0.05, 0) is 19.8 Å². The summed E-state index contributed by atoms with van der Waals surface area (Å²) in [5.74, 6) is 0.837. The minimum atomic E-state index is 0.830. The van der Waals surface area contributed by atoms with Gasteiger partial charge >= 0.3 is 0 Å². The molecule has 0 amide bonds. The first-order chi connectivity index (χ1) is 6.33. The third kappa shape index (κ3) is 4.19. The van der Waals surface area contributed by atoms with E-state index in [-0.39, 0.29) is 0 Å². The van der Waals surface area contributed by atoms with Gasteiger partial charge in [0.25, 0.3) is 0 Å². The third-order valence-electron chi connectivity index (χ3n) is 1.58. The van der Waals surface area contributed by atoms with Crippen LogP contribution in [-0.4, -0.2) is 29.6 Å². The van der Waals surface area contributed by atoms with Crippen molar-refractivity contribution < 1.29 is 4.74 Å². The van der Waals surface area contributed by atoms with Gasteiger partial charge in [-0.2, -0.15) is 4.37 Å². The van der Waals surface area contributed by atoms with Crippen LogP contribution in [0.2, 0.25) is 0 Å². The van der Waals surface area contributed by atoms with Crippen LogP contribution < -0.4 is 5.32 Å². The molecule has 13 heavy (non-hydrogen) atoms. The van der Waals surface area contributed by atoms with E-state index >= 15 is 0 Å². The van der Waals surface area contributed by atoms with E-state index in [4.69, 9.17) is 4.74 Å². The smallest absolute Gasteiger partial charge is 0.202 e. The second-order valence-electron chi connectivity index (χ2n) is 2.77. The number of nitrogens with zero attached hydrogens (tertiary/aromatic N) is 2. The first-order valence-electron chi connectivity index (χ1n) is 4.36. The van der Waals surface area contributed by atoms with Crippen molar-refractivity contribution in [3.63, 3.8) is 0 Å². The van der Waals surface area contributed by atoms with Crippen LogP contribution in [0.1, 0.15) is 18.7 Å². The number of hydrogen-bond acceptors (Lipinski definition) is 5. The maximum atomic E-state index is 4.95. The summed E-state index contributed by atoms with van der Waals surface area (Å²) in [6.45, 7) is 3.67. The molecule has 1 heterocycles. The number of aromatic nitrogens is 2. The number of methoxy groups -OCH3 is 1. The van der Waals surface area contributed by atoms with E-state index in [0.717, 1.165) is 36.9 Å². The Morgan fingerprint density at radius 3 is 2.92 bits per heavy atom. The van der Waals surface area contributed by atoms with E-state index < -0.39 is 0 Å². The van der Waals surface area contributed by atoms with Crippen molar-refractivity contribution in [1.29, 1.82) is 0 Å². The number of unbranched alkanes of at least 4 members (excludes halogenated alkanes) is 1. The zero-order valence-electron chi connectivity index (χ0n) is 8.04. The van der Waals surface area contributed by atoms with Gasteiger partial charge in [-0.15, -0.1) is 0 Å². The van der Waals surface area contributed by atoms with E-state index in [1.165, 1.54) is 11.5 Å². The average molecular weight is 201 g/mol. The van der Waals surface area contributed by atoms with Gasteiger partial charge in [-0.1, -0.05) is 0 Å². The summed E-state index contributed by atoms with van der Waals surface area (Å²) in [4.78, 5) is 4.19. The van der Waals surface area contributed by atoms with Crippen LogP contribution >= 0.6 is 11.5 Å². The minimum Gasteiger partial charge on any atom is -0.385 e. The lowest BCUT2D eigenvalue weighted by molar-refractivity contribution is 0.194. The van der Waals surface area contributed by atoms with Crippen LogP contribution in [0.15, 0.2) is 0 Å². The SMILES string of the molecule is COCCCCNc1nc(C)ns1. The van der Waals surface area contributed by atoms with Crippen molar-refractivity contribution >= 4 is 16.7 Å². The van der Waals surface area contributed by atoms with Crippen molar-refractivity contribution in [2.24, 2.45) is 0 Å². The summed E-state index contributed by atoms with van der Waals surface area (Å²) >= 11 is 1.41. The maximum Gasteiger partial charge on any atom is 0.202 e. The lowest BCUT2D eigenvalue weighted by atomic mass is 10.3. The van der Waals surface area contributed by atoms with Gasteiger partial charge in [0.05, 0.1) is 0 Å². The fraction of sp³-hybridized carbons (Fsp3) is 0.750. The Morgan fingerprint density at radius 1 is 1.46 bits per heavy atom. The predicted molar refractivity (Wildman–Crippen MR) is 54.2 cm³/mol. The molecule has 0 saturated heterocycles. The van der Waals surface area contributed by atoms with E-state index in [9.17, 15) is 0 Å². The first kappa shape index (κ1) is 10.4. The van der Waals surface area contributed by atoms with Crippen molar-refractivity contribution in [1.82, 2.24) is 9.36 Å². The van der Waals surface area contributed by atoms with Crippen molar-refractivity contribution in [3.8, 4) is 0 Å². The summed E-state index contributed by atoms with van der Waals surface area (Å²) in [5.41, 5.74) is 0. The molecule has 0 spiro atoms. The Hall–Kier alpha value is -0.680. The molecule has 1 aromatic heterocycles. The van der Waals surface area contributed by atoms with Gasteiger partial charge in [0, 0.05) is 31.8 Å². The number of nitrogens with one attached hydrogen (secondary N) is 1. The highest BCUT2D eigenvalue weighted by Gasteiger charge is 1.97. The molecule has 0 aromatic carbocycles. The molecule has 1 N–H and O–H groups in total. The molecule has 0 bridgehead atoms. The molecular weight excluding hydrogens is 186 g/mol. The predicted octanol–water partition coefficient (Wildman–Crippen LogP) is 1.69. The lowest BCUT2D eigenvalue weighted by Crippen LogP contribution is -2.02. The van der Waals surface area contributed by atoms with Gasteiger partial charge in [-0.25, -0.2) is 4.98 Å². The van der Waals surface area contributed by atoms with E-state index in [1.54, 1.807) is 7.11 Å². The Labute approximate surface area is 82.5 Å². The second-order valence-corrected chi connectivity index (χ2v) is 3.53. The molecule has 1 rings (SSSR count). The number of ether oxygens (including phenoxy) is 1. The van der Waals surface area contributed by atoms with E-state index in [1.807, 2.05) is 6.92 Å². The zero-order valence-corrected chi connectivity index (χ0v) is 8.86. The first-order valence-corrected chi connectivity index (χ1v) is 5.13. The van der Waals surface area contributed by atoms with Gasteiger partial charge in [0.1, 0.15) is 5.82 Å². The molecule has 0 aliphatic heterocycles. The van der Waals surface area contributed by atoms with Gasteiger partial charge < -0.3 is 10.1 Å². The van der Waals surface area contributed by atoms with Gasteiger partial charge in [0.2, 0.25) is 5.13 Å². The molecule has 0 aliphatic carbocycles. The largest absolute Gasteiger partial charge is 0.385 e. The quantitative estimate of drug-likeness (QED) is 0.711. The van der Waals surface area contributed by atoms with Crippen LogP contribution in [0.5, 0.6) is 0 Å². The monoisotopic (exact) mass is 201 g/mol. The highest BCUT2D eigenvalue weighted by atomic mass is 32.1. The molecule has 1 aromatic rings. The molecule has 0 saturated carbocycles. The molecule has 0 radical (unpaired) electrons. The summed E-state index contributed by atoms with van der Waals surface area (Å²) < 4.78 is 9.02. The number of anilines is 1. The highest BCUT2D eigenvalue weighted by Crippen LogP contribution is 2.09. The van der Waals surface area contributed by atoms with Crippen molar-refractivity contribution in [3.05, 3.63) is 5.82 Å². The summed E-state index contributed by atoms with van der Waals surface area (Å²) in [6, 6.07) is 0. The molecule has 0 aliphatic rings. The Morgan fingerprint density at radius 2 is 2.31 bits per heavy atom. The van der Waals surface area contributed by atoms with Crippen LogP contribution in [0, 0.1) is 6.92 Å². The summed E-state index contributed by atoms with van der Waals surface area (Å²) in [7, 11) is 1.72. The third-order valence-corrected chi connectivity index (χ3v) is 2.34. The standard InChI is InChI=1S/C8H15N3OS/c1-7-10-8(13-11-7)9-5-3-4-6-12-2/h3-6H2,1-2H3,(H,9,10,11). The van der Waals surface area contributed by atoms with Gasteiger partial charge in [-0.3, -0.25) is 0 Å². The maximum absolute atomic E-state index is 4.95. The van der Waals surface area contributed by atoms with Crippen LogP contribution in [0.3, 0.4) is 0 Å². The Balaban J connectivity index is 2.06. The fourth-order valence-corrected chi connectivity index (χ4v) is 1.53. The minimum absolute atomic E-state index is 0.830. The number of hydrogen-bond donors (Lipinski definition) is 1. The van der Waals surface area contributed by atoms with E-state index in [2.05, 4.69) is 14.7 Å². The molecular formula is C8H15N3OS. The molecule has 0 unspecified atom stereocenters. The molecule has 74 valence electrons. The molecule has 5 heteroatoms. The summed E-state index contributed by atoms with van der Waals surface area (Å²) in [5, 5.41) is 4.13. The van der Waals surface area contributed by atoms with E-state index in [0.29, 0.717) is 0 Å². The zero-order chi connectivity index (χ0) is 9.52. The topological polar surface area (TPSA) is 47.0 Å². The van der Waals surface area contributed by atoms with Crippen molar-refractivity contribution in [2.45, 2.75) is 19.8 Å².